The minimum atomic E-state index is -0.158. The highest BCUT2D eigenvalue weighted by molar-refractivity contribution is 7.98. The van der Waals surface area contributed by atoms with Crippen molar-refractivity contribution in [2.45, 2.75) is 30.9 Å². The van der Waals surface area contributed by atoms with Crippen molar-refractivity contribution in [3.05, 3.63) is 82.7 Å². The average molecular weight is 424 g/mol. The molecule has 7 heteroatoms. The van der Waals surface area contributed by atoms with Crippen molar-refractivity contribution in [2.24, 2.45) is 0 Å². The molecule has 1 aromatic heterocycles. The van der Waals surface area contributed by atoms with Crippen molar-refractivity contribution in [1.29, 1.82) is 0 Å². The summed E-state index contributed by atoms with van der Waals surface area (Å²) >= 11 is 1.58. The van der Waals surface area contributed by atoms with Crippen LogP contribution in [-0.4, -0.2) is 30.1 Å². The van der Waals surface area contributed by atoms with E-state index in [0.717, 1.165) is 27.5 Å². The molecule has 0 saturated carbocycles. The fourth-order valence-corrected chi connectivity index (χ4v) is 4.16. The third-order valence-corrected chi connectivity index (χ3v) is 5.73. The lowest BCUT2D eigenvalue weighted by atomic mass is 10.1. The third-order valence-electron chi connectivity index (χ3n) is 4.63. The molecule has 3 aromatic rings. The number of benzene rings is 2. The second-order valence-electron chi connectivity index (χ2n) is 6.86. The van der Waals surface area contributed by atoms with E-state index < -0.39 is 0 Å². The Balaban J connectivity index is 1.48. The predicted molar refractivity (Wildman–Crippen MR) is 117 cm³/mol. The maximum absolute atomic E-state index is 12.6. The van der Waals surface area contributed by atoms with Crippen molar-refractivity contribution in [3.63, 3.8) is 0 Å². The van der Waals surface area contributed by atoms with Crippen LogP contribution in [-0.2, 0) is 17.0 Å². The number of hydrogen-bond donors (Lipinski definition) is 2. The van der Waals surface area contributed by atoms with Crippen molar-refractivity contribution in [2.75, 3.05) is 13.1 Å². The molecule has 2 amide bonds. The van der Waals surface area contributed by atoms with E-state index in [0.29, 0.717) is 30.8 Å². The molecular formula is C23H25N3O3S. The number of aromatic nitrogens is 1. The van der Waals surface area contributed by atoms with Gasteiger partial charge in [0.05, 0.1) is 17.7 Å². The molecule has 0 atom stereocenters. The molecule has 156 valence electrons. The molecule has 0 aliphatic rings. The molecule has 2 N–H and O–H groups in total. The largest absolute Gasteiger partial charge is 0.361 e. The van der Waals surface area contributed by atoms with Crippen LogP contribution in [0.3, 0.4) is 0 Å². The highest BCUT2D eigenvalue weighted by Gasteiger charge is 2.14. The van der Waals surface area contributed by atoms with E-state index in [-0.39, 0.29) is 11.8 Å². The summed E-state index contributed by atoms with van der Waals surface area (Å²) in [5.74, 6) is 1.26. The Morgan fingerprint density at radius 3 is 2.40 bits per heavy atom. The van der Waals surface area contributed by atoms with Crippen LogP contribution in [0.4, 0.5) is 0 Å². The van der Waals surface area contributed by atoms with Crippen LogP contribution in [0.25, 0.3) is 0 Å². The average Bonchev–Trinajstić information content (AvgIpc) is 3.08. The summed E-state index contributed by atoms with van der Waals surface area (Å²) in [6, 6.07) is 17.1. The van der Waals surface area contributed by atoms with Gasteiger partial charge in [-0.2, -0.15) is 0 Å². The van der Waals surface area contributed by atoms with Crippen LogP contribution in [0.1, 0.15) is 32.9 Å². The monoisotopic (exact) mass is 423 g/mol. The first-order valence-electron chi connectivity index (χ1n) is 9.77. The lowest BCUT2D eigenvalue weighted by Gasteiger charge is -2.10. The van der Waals surface area contributed by atoms with Crippen LogP contribution in [0.15, 0.2) is 64.0 Å². The van der Waals surface area contributed by atoms with Crippen molar-refractivity contribution >= 4 is 23.6 Å². The number of rotatable bonds is 9. The summed E-state index contributed by atoms with van der Waals surface area (Å²) in [7, 11) is 0. The second kappa shape index (κ2) is 10.6. The van der Waals surface area contributed by atoms with Crippen molar-refractivity contribution < 1.29 is 14.1 Å². The Kier molecular flexibility index (Phi) is 7.68. The second-order valence-corrected chi connectivity index (χ2v) is 7.87. The van der Waals surface area contributed by atoms with Gasteiger partial charge < -0.3 is 15.2 Å². The number of amides is 2. The van der Waals surface area contributed by atoms with Crippen LogP contribution >= 0.6 is 11.8 Å². The van der Waals surface area contributed by atoms with Gasteiger partial charge in [-0.05, 0) is 31.5 Å². The third kappa shape index (κ3) is 5.97. The number of aryl methyl sites for hydroxylation is 2. The van der Waals surface area contributed by atoms with Crippen molar-refractivity contribution in [1.82, 2.24) is 15.8 Å². The number of carbonyl (C=O) groups is 2. The summed E-state index contributed by atoms with van der Waals surface area (Å²) in [6.07, 6.45) is 0.329. The topological polar surface area (TPSA) is 84.2 Å². The summed E-state index contributed by atoms with van der Waals surface area (Å²) in [5.41, 5.74) is 3.50. The molecule has 2 aromatic carbocycles. The zero-order valence-electron chi connectivity index (χ0n) is 17.1. The maximum Gasteiger partial charge on any atom is 0.252 e. The lowest BCUT2D eigenvalue weighted by Crippen LogP contribution is -2.35. The SMILES string of the molecule is Cc1noc(C)c1CSc1ccccc1C(=O)NCCNC(=O)Cc1ccccc1. The van der Waals surface area contributed by atoms with Gasteiger partial charge >= 0.3 is 0 Å². The molecule has 0 bridgehead atoms. The van der Waals surface area contributed by atoms with E-state index >= 15 is 0 Å². The summed E-state index contributed by atoms with van der Waals surface area (Å²) in [4.78, 5) is 25.5. The fourth-order valence-electron chi connectivity index (χ4n) is 2.95. The first kappa shape index (κ1) is 21.6. The maximum atomic E-state index is 12.6. The predicted octanol–water partition coefficient (Wildman–Crippen LogP) is 3.67. The quantitative estimate of drug-likeness (QED) is 0.405. The molecule has 1 heterocycles. The molecule has 0 aliphatic heterocycles. The van der Waals surface area contributed by atoms with Gasteiger partial charge in [0.25, 0.3) is 5.91 Å². The van der Waals surface area contributed by atoms with Gasteiger partial charge in [-0.3, -0.25) is 9.59 Å². The molecule has 0 fully saturated rings. The first-order chi connectivity index (χ1) is 14.5. The van der Waals surface area contributed by atoms with Gasteiger partial charge in [0.15, 0.2) is 0 Å². The van der Waals surface area contributed by atoms with Gasteiger partial charge in [0, 0.05) is 29.3 Å². The number of carbonyl (C=O) groups excluding carboxylic acids is 2. The van der Waals surface area contributed by atoms with Crippen LogP contribution in [0, 0.1) is 13.8 Å². The highest BCUT2D eigenvalue weighted by Crippen LogP contribution is 2.28. The molecule has 0 saturated heterocycles. The zero-order chi connectivity index (χ0) is 21.3. The normalized spacial score (nSPS) is 10.6. The Labute approximate surface area is 180 Å². The van der Waals surface area contributed by atoms with E-state index in [2.05, 4.69) is 15.8 Å². The number of hydrogen-bond acceptors (Lipinski definition) is 5. The van der Waals surface area contributed by atoms with E-state index in [9.17, 15) is 9.59 Å². The van der Waals surface area contributed by atoms with E-state index in [1.165, 1.54) is 0 Å². The van der Waals surface area contributed by atoms with Crippen molar-refractivity contribution in [3.8, 4) is 0 Å². The van der Waals surface area contributed by atoms with Gasteiger partial charge in [-0.1, -0.05) is 47.6 Å². The Hall–Kier alpha value is -3.06. The minimum absolute atomic E-state index is 0.0640. The zero-order valence-corrected chi connectivity index (χ0v) is 17.9. The van der Waals surface area contributed by atoms with E-state index in [4.69, 9.17) is 4.52 Å². The number of nitrogens with zero attached hydrogens (tertiary/aromatic N) is 1. The van der Waals surface area contributed by atoms with Gasteiger partial charge in [-0.15, -0.1) is 11.8 Å². The lowest BCUT2D eigenvalue weighted by molar-refractivity contribution is -0.120. The Bertz CT molecular complexity index is 982. The van der Waals surface area contributed by atoms with Gasteiger partial charge in [0.1, 0.15) is 5.76 Å². The molecule has 0 radical (unpaired) electrons. The molecular weight excluding hydrogens is 398 g/mol. The fraction of sp³-hybridized carbons (Fsp3) is 0.261. The molecule has 0 spiro atoms. The van der Waals surface area contributed by atoms with Gasteiger partial charge in [0.2, 0.25) is 5.91 Å². The van der Waals surface area contributed by atoms with Gasteiger partial charge in [-0.25, -0.2) is 0 Å². The van der Waals surface area contributed by atoms with Crippen LogP contribution in [0.5, 0.6) is 0 Å². The molecule has 30 heavy (non-hydrogen) atoms. The molecule has 0 unspecified atom stereocenters. The van der Waals surface area contributed by atoms with Crippen LogP contribution in [0.2, 0.25) is 0 Å². The van der Waals surface area contributed by atoms with Crippen LogP contribution < -0.4 is 10.6 Å². The van der Waals surface area contributed by atoms with E-state index in [1.54, 1.807) is 17.8 Å². The summed E-state index contributed by atoms with van der Waals surface area (Å²) in [5, 5.41) is 9.68. The molecule has 3 rings (SSSR count). The Morgan fingerprint density at radius 2 is 1.67 bits per heavy atom. The number of thioether (sulfide) groups is 1. The summed E-state index contributed by atoms with van der Waals surface area (Å²) < 4.78 is 5.21. The standard InChI is InChI=1S/C23H25N3O3S/c1-16-20(17(2)29-26-16)15-30-21-11-7-6-10-19(21)23(28)25-13-12-24-22(27)14-18-8-4-3-5-9-18/h3-11H,12-15H2,1-2H3,(H,24,27)(H,25,28). The first-order valence-corrected chi connectivity index (χ1v) is 10.8. The minimum Gasteiger partial charge on any atom is -0.361 e. The smallest absolute Gasteiger partial charge is 0.252 e. The number of nitrogens with one attached hydrogen (secondary N) is 2. The molecule has 6 nitrogen and oxygen atoms in total. The summed E-state index contributed by atoms with van der Waals surface area (Å²) in [6.45, 7) is 4.55. The molecule has 0 aliphatic carbocycles. The van der Waals surface area contributed by atoms with E-state index in [1.807, 2.05) is 62.4 Å². The highest BCUT2D eigenvalue weighted by atomic mass is 32.2. The Morgan fingerprint density at radius 1 is 0.967 bits per heavy atom.